The first kappa shape index (κ1) is 50.1. The summed E-state index contributed by atoms with van der Waals surface area (Å²) in [7, 11) is 0. The fourth-order valence-electron chi connectivity index (χ4n) is 2.89. The summed E-state index contributed by atoms with van der Waals surface area (Å²) in [6.45, 7) is 0. The van der Waals surface area contributed by atoms with Crippen molar-refractivity contribution in [1.29, 1.82) is 0 Å². The van der Waals surface area contributed by atoms with Gasteiger partial charge in [-0.3, -0.25) is 0 Å². The van der Waals surface area contributed by atoms with Crippen molar-refractivity contribution < 1.29 is 160 Å². The van der Waals surface area contributed by atoms with E-state index in [0.29, 0.717) is 0 Å². The molecule has 0 amide bonds. The number of aliphatic carboxylic acids is 1. The van der Waals surface area contributed by atoms with E-state index in [9.17, 15) is 150 Å². The van der Waals surface area contributed by atoms with Gasteiger partial charge in [0, 0.05) is 0 Å². The fraction of sp³-hybridized carbons (Fsp3) is 0.941. The molecule has 0 spiro atoms. The van der Waals surface area contributed by atoms with Gasteiger partial charge in [0.05, 0.1) is 0 Å². The van der Waals surface area contributed by atoms with E-state index < -0.39 is 101 Å². The van der Waals surface area contributed by atoms with Gasteiger partial charge in [-0.05, 0) is 0 Å². The van der Waals surface area contributed by atoms with Gasteiger partial charge in [-0.2, -0.15) is 132 Å². The molecule has 0 atom stereocenters. The van der Waals surface area contributed by atoms with Crippen LogP contribution in [-0.2, 0) is 9.53 Å². The molecule has 0 aromatic heterocycles. The summed E-state index contributed by atoms with van der Waals surface area (Å²) in [5.41, 5.74) is 0. The van der Waals surface area contributed by atoms with Crippen molar-refractivity contribution in [3.8, 4) is 0 Å². The summed E-state index contributed by atoms with van der Waals surface area (Å²) in [5, 5.41) is 7.66. The van der Waals surface area contributed by atoms with Gasteiger partial charge in [0.25, 0.3) is 0 Å². The van der Waals surface area contributed by atoms with Crippen molar-refractivity contribution in [2.24, 2.45) is 0 Å². The molecule has 0 aromatic rings. The van der Waals surface area contributed by atoms with E-state index in [2.05, 4.69) is 0 Å². The third-order valence-corrected chi connectivity index (χ3v) is 6.00. The smallest absolute Gasteiger partial charge is 0.477 e. The van der Waals surface area contributed by atoms with E-state index in [4.69, 9.17) is 5.11 Å². The molecule has 0 aromatic carbocycles. The van der Waals surface area contributed by atoms with Gasteiger partial charge in [-0.1, -0.05) is 0 Å². The molecule has 0 aliphatic rings. The number of alkyl halides is 33. The van der Waals surface area contributed by atoms with Gasteiger partial charge in [-0.25, -0.2) is 9.53 Å². The molecule has 0 bridgehead atoms. The molecule has 0 saturated carbocycles. The lowest BCUT2D eigenvalue weighted by molar-refractivity contribution is -0.513. The highest BCUT2D eigenvalue weighted by Gasteiger charge is 3.01. The Labute approximate surface area is 262 Å². The van der Waals surface area contributed by atoms with E-state index in [-0.39, 0.29) is 0 Å². The summed E-state index contributed by atoms with van der Waals surface area (Å²) in [5.74, 6) is -141. The Bertz CT molecular complexity index is 1370. The molecule has 0 saturated heterocycles. The monoisotopic (exact) mass is 880 g/mol. The predicted octanol–water partition coefficient (Wildman–Crippen LogP) is 10.1. The third-order valence-electron chi connectivity index (χ3n) is 6.00. The molecule has 0 rings (SSSR count). The van der Waals surface area contributed by atoms with Crippen LogP contribution < -0.4 is 0 Å². The second-order valence-electron chi connectivity index (χ2n) is 9.41. The summed E-state index contributed by atoms with van der Waals surface area (Å²) >= 11 is 0. The van der Waals surface area contributed by atoms with E-state index in [1.165, 1.54) is 0 Å². The standard InChI is InChI=1S/C17HF33O3/c18-2(19,1(51)52)3(20,21)4(22,23)5(24,25)6(26,27)7(28,29)8(30,31)9(32,33)10(34,35)11(36,37)12(38,39)13(40,41)14(42,43)15(44,45)16(46,47)53-17(48,49)50/h(H,51,52). The second-order valence-corrected chi connectivity index (χ2v) is 9.41. The SMILES string of the molecule is O=C(O)C(F)(F)C(F)(F)C(F)(F)C(F)(F)C(F)(F)C(F)(F)C(F)(F)C(F)(F)C(F)(F)C(F)(F)C(F)(F)C(F)(F)C(F)(F)C(F)(F)C(F)(F)OC(F)(F)F. The summed E-state index contributed by atoms with van der Waals surface area (Å²) in [4.78, 5) is 9.95. The first-order chi connectivity index (χ1) is 22.2. The predicted molar refractivity (Wildman–Crippen MR) is 89.0 cm³/mol. The van der Waals surface area contributed by atoms with E-state index >= 15 is 0 Å². The van der Waals surface area contributed by atoms with Crippen LogP contribution in [0.3, 0.4) is 0 Å². The van der Waals surface area contributed by atoms with Crippen LogP contribution in [0.1, 0.15) is 0 Å². The second kappa shape index (κ2) is 12.1. The Balaban J connectivity index is 7.71. The molecule has 0 aliphatic carbocycles. The van der Waals surface area contributed by atoms with Crippen LogP contribution in [0.25, 0.3) is 0 Å². The molecule has 0 unspecified atom stereocenters. The molecule has 0 heterocycles. The Hall–Kier alpha value is -2.88. The van der Waals surface area contributed by atoms with Crippen LogP contribution in [0.2, 0.25) is 0 Å². The molecule has 0 fully saturated rings. The van der Waals surface area contributed by atoms with Crippen LogP contribution in [0.15, 0.2) is 0 Å². The van der Waals surface area contributed by atoms with Crippen molar-refractivity contribution in [1.82, 2.24) is 0 Å². The normalized spacial score (nSPS) is 17.0. The van der Waals surface area contributed by atoms with Crippen molar-refractivity contribution >= 4 is 5.97 Å². The van der Waals surface area contributed by atoms with Crippen molar-refractivity contribution in [3.05, 3.63) is 0 Å². The number of ether oxygens (including phenoxy) is 1. The Morgan fingerprint density at radius 1 is 0.283 bits per heavy atom. The number of rotatable bonds is 16. The highest BCUT2D eigenvalue weighted by molar-refractivity contribution is 5.77. The minimum atomic E-state index is -10.3. The number of hydrogen-bond donors (Lipinski definition) is 1. The van der Waals surface area contributed by atoms with Gasteiger partial charge in [0.2, 0.25) is 0 Å². The molecule has 1 N–H and O–H groups in total. The first-order valence-corrected chi connectivity index (χ1v) is 10.8. The average molecular weight is 880 g/mol. The minimum absolute atomic E-state index is 0.825. The molecule has 36 heteroatoms. The zero-order valence-corrected chi connectivity index (χ0v) is 22.2. The highest BCUT2D eigenvalue weighted by Crippen LogP contribution is 2.69. The third kappa shape index (κ3) is 5.97. The zero-order valence-electron chi connectivity index (χ0n) is 22.2. The summed E-state index contributed by atoms with van der Waals surface area (Å²) < 4.78 is 441. The molecule has 318 valence electrons. The van der Waals surface area contributed by atoms with E-state index in [0.717, 1.165) is 4.74 Å². The lowest BCUT2D eigenvalue weighted by Crippen LogP contribution is -2.79. The molecule has 53 heavy (non-hydrogen) atoms. The van der Waals surface area contributed by atoms with Crippen LogP contribution in [0.5, 0.6) is 0 Å². The van der Waals surface area contributed by atoms with Crippen molar-refractivity contribution in [2.75, 3.05) is 0 Å². The Kier molecular flexibility index (Phi) is 11.4. The molecule has 3 nitrogen and oxygen atoms in total. The van der Waals surface area contributed by atoms with Crippen molar-refractivity contribution in [2.45, 2.75) is 95.4 Å². The van der Waals surface area contributed by atoms with Crippen LogP contribution in [0.4, 0.5) is 145 Å². The summed E-state index contributed by atoms with van der Waals surface area (Å²) in [6.07, 6.45) is -16.0. The van der Waals surface area contributed by atoms with Gasteiger partial charge < -0.3 is 5.11 Å². The minimum Gasteiger partial charge on any atom is -0.477 e. The highest BCUT2D eigenvalue weighted by atomic mass is 19.4. The maximum Gasteiger partial charge on any atom is 0.527 e. The van der Waals surface area contributed by atoms with Gasteiger partial charge in [0.1, 0.15) is 0 Å². The molecular weight excluding hydrogens is 879 g/mol. The molecule has 0 radical (unpaired) electrons. The topological polar surface area (TPSA) is 46.5 Å². The Morgan fingerprint density at radius 3 is 0.585 bits per heavy atom. The van der Waals surface area contributed by atoms with Gasteiger partial charge >= 0.3 is 101 Å². The maximum atomic E-state index is 13.8. The first-order valence-electron chi connectivity index (χ1n) is 10.8. The number of carboxylic acid groups (broad SMARTS) is 1. The number of halogens is 33. The number of hydrogen-bond acceptors (Lipinski definition) is 2. The number of carbonyl (C=O) groups is 1. The zero-order chi connectivity index (χ0) is 44.3. The van der Waals surface area contributed by atoms with Gasteiger partial charge in [0.15, 0.2) is 0 Å². The number of carboxylic acids is 1. The average Bonchev–Trinajstić information content (AvgIpc) is 2.89. The molecular formula is C17HF33O3. The van der Waals surface area contributed by atoms with E-state index in [1.807, 2.05) is 0 Å². The van der Waals surface area contributed by atoms with Crippen LogP contribution in [0, 0.1) is 0 Å². The quantitative estimate of drug-likeness (QED) is 0.157. The maximum absolute atomic E-state index is 13.8. The molecule has 0 aliphatic heterocycles. The Morgan fingerprint density at radius 2 is 0.434 bits per heavy atom. The van der Waals surface area contributed by atoms with Crippen molar-refractivity contribution in [3.63, 3.8) is 0 Å². The van der Waals surface area contributed by atoms with Gasteiger partial charge in [-0.15, -0.1) is 13.2 Å². The summed E-state index contributed by atoms with van der Waals surface area (Å²) in [6, 6.07) is 0. The van der Waals surface area contributed by atoms with E-state index in [1.54, 1.807) is 0 Å². The van der Waals surface area contributed by atoms with Crippen LogP contribution >= 0.6 is 0 Å². The van der Waals surface area contributed by atoms with Crippen LogP contribution in [-0.4, -0.2) is 106 Å². The lowest BCUT2D eigenvalue weighted by Gasteiger charge is -2.46. The fourth-order valence-corrected chi connectivity index (χ4v) is 2.89. The largest absolute Gasteiger partial charge is 0.527 e. The lowest BCUT2D eigenvalue weighted by atomic mass is 9.83.